The van der Waals surface area contributed by atoms with Crippen LogP contribution in [-0.2, 0) is 19.4 Å². The molecule has 0 radical (unpaired) electrons. The lowest BCUT2D eigenvalue weighted by atomic mass is 9.99. The van der Waals surface area contributed by atoms with Crippen LogP contribution in [0.3, 0.4) is 0 Å². The first-order chi connectivity index (χ1) is 18.6. The quantitative estimate of drug-likeness (QED) is 0.220. The SMILES string of the molecule is NC(=O)c1ccc(Oc2ccc3c(c2)CCN(CCSc2ccccc2)C3)nc1CCSc1ccccc1. The fourth-order valence-electron chi connectivity index (χ4n) is 4.51. The third-order valence-electron chi connectivity index (χ3n) is 6.48. The molecule has 0 bridgehead atoms. The molecule has 5 nitrogen and oxygen atoms in total. The van der Waals surface area contributed by atoms with Crippen molar-refractivity contribution < 1.29 is 9.53 Å². The van der Waals surface area contributed by atoms with Crippen LogP contribution < -0.4 is 10.5 Å². The van der Waals surface area contributed by atoms with E-state index in [0.717, 1.165) is 43.3 Å². The minimum absolute atomic E-state index is 0.446. The minimum Gasteiger partial charge on any atom is -0.439 e. The Balaban J connectivity index is 1.19. The number of ether oxygens (including phenoxy) is 1. The highest BCUT2D eigenvalue weighted by Crippen LogP contribution is 2.28. The van der Waals surface area contributed by atoms with E-state index in [0.29, 0.717) is 23.6 Å². The maximum absolute atomic E-state index is 12.0. The summed E-state index contributed by atoms with van der Waals surface area (Å²) in [5, 5.41) is 0. The molecule has 0 spiro atoms. The molecule has 2 heterocycles. The van der Waals surface area contributed by atoms with E-state index in [1.54, 1.807) is 23.9 Å². The molecule has 194 valence electrons. The normalized spacial score (nSPS) is 13.2. The second-order valence-corrected chi connectivity index (χ2v) is 11.5. The van der Waals surface area contributed by atoms with E-state index in [2.05, 4.69) is 64.5 Å². The van der Waals surface area contributed by atoms with Crippen LogP contribution >= 0.6 is 23.5 Å². The number of hydrogen-bond acceptors (Lipinski definition) is 6. The lowest BCUT2D eigenvalue weighted by Gasteiger charge is -2.28. The molecule has 0 aliphatic carbocycles. The Bertz CT molecular complexity index is 1370. The number of carbonyl (C=O) groups is 1. The van der Waals surface area contributed by atoms with Gasteiger partial charge in [-0.25, -0.2) is 4.98 Å². The Kier molecular flexibility index (Phi) is 9.02. The molecule has 1 aromatic heterocycles. The first-order valence-corrected chi connectivity index (χ1v) is 14.8. The molecule has 0 saturated carbocycles. The van der Waals surface area contributed by atoms with E-state index in [1.807, 2.05) is 36.0 Å². The van der Waals surface area contributed by atoms with Crippen LogP contribution in [0, 0.1) is 0 Å². The zero-order valence-electron chi connectivity index (χ0n) is 21.2. The van der Waals surface area contributed by atoms with Crippen molar-refractivity contribution in [1.29, 1.82) is 0 Å². The molecule has 5 rings (SSSR count). The van der Waals surface area contributed by atoms with Gasteiger partial charge in [0.2, 0.25) is 5.88 Å². The van der Waals surface area contributed by atoms with E-state index < -0.39 is 5.91 Å². The lowest BCUT2D eigenvalue weighted by molar-refractivity contribution is 0.0999. The Labute approximate surface area is 232 Å². The average molecular weight is 542 g/mol. The van der Waals surface area contributed by atoms with Crippen molar-refractivity contribution in [3.8, 4) is 11.6 Å². The van der Waals surface area contributed by atoms with Gasteiger partial charge in [0.05, 0.1) is 11.3 Å². The number of aromatic nitrogens is 1. The van der Waals surface area contributed by atoms with Gasteiger partial charge in [0.15, 0.2) is 0 Å². The predicted octanol–water partition coefficient (Wildman–Crippen LogP) is 6.46. The van der Waals surface area contributed by atoms with Crippen molar-refractivity contribution in [2.24, 2.45) is 5.73 Å². The van der Waals surface area contributed by atoms with Gasteiger partial charge < -0.3 is 10.5 Å². The van der Waals surface area contributed by atoms with E-state index >= 15 is 0 Å². The zero-order valence-corrected chi connectivity index (χ0v) is 22.8. The third kappa shape index (κ3) is 7.19. The molecule has 0 fully saturated rings. The number of fused-ring (bicyclic) bond motifs is 1. The summed E-state index contributed by atoms with van der Waals surface area (Å²) in [5.41, 5.74) is 9.40. The fourth-order valence-corrected chi connectivity index (χ4v) is 6.32. The number of carbonyl (C=O) groups excluding carboxylic acids is 1. The number of benzene rings is 3. The smallest absolute Gasteiger partial charge is 0.250 e. The summed E-state index contributed by atoms with van der Waals surface area (Å²) in [7, 11) is 0. The highest BCUT2D eigenvalue weighted by atomic mass is 32.2. The maximum Gasteiger partial charge on any atom is 0.250 e. The highest BCUT2D eigenvalue weighted by Gasteiger charge is 2.18. The molecule has 0 saturated heterocycles. The number of nitrogens with two attached hydrogens (primary N) is 1. The van der Waals surface area contributed by atoms with Gasteiger partial charge in [0.25, 0.3) is 5.91 Å². The molecule has 1 aliphatic heterocycles. The maximum atomic E-state index is 12.0. The summed E-state index contributed by atoms with van der Waals surface area (Å²) < 4.78 is 6.14. The van der Waals surface area contributed by atoms with Crippen molar-refractivity contribution in [2.45, 2.75) is 29.2 Å². The molecule has 0 atom stereocenters. The minimum atomic E-state index is -0.468. The monoisotopic (exact) mass is 541 g/mol. The van der Waals surface area contributed by atoms with Crippen LogP contribution in [0.25, 0.3) is 0 Å². The topological polar surface area (TPSA) is 68.5 Å². The van der Waals surface area contributed by atoms with Crippen LogP contribution in [0.2, 0.25) is 0 Å². The van der Waals surface area contributed by atoms with Gasteiger partial charge in [-0.05, 0) is 60.0 Å². The zero-order chi connectivity index (χ0) is 26.2. The van der Waals surface area contributed by atoms with E-state index in [4.69, 9.17) is 10.5 Å². The molecule has 7 heteroatoms. The Morgan fingerprint density at radius 2 is 1.58 bits per heavy atom. The van der Waals surface area contributed by atoms with Gasteiger partial charge in [-0.2, -0.15) is 0 Å². The van der Waals surface area contributed by atoms with Gasteiger partial charge in [-0.15, -0.1) is 23.5 Å². The van der Waals surface area contributed by atoms with Crippen molar-refractivity contribution in [1.82, 2.24) is 9.88 Å². The summed E-state index contributed by atoms with van der Waals surface area (Å²) >= 11 is 3.63. The summed E-state index contributed by atoms with van der Waals surface area (Å²) in [5.74, 6) is 2.65. The number of hydrogen-bond donors (Lipinski definition) is 1. The average Bonchev–Trinajstić information content (AvgIpc) is 2.94. The van der Waals surface area contributed by atoms with Crippen LogP contribution in [0.1, 0.15) is 27.2 Å². The van der Waals surface area contributed by atoms with E-state index in [9.17, 15) is 4.79 Å². The number of thioether (sulfide) groups is 2. The van der Waals surface area contributed by atoms with Crippen molar-refractivity contribution in [2.75, 3.05) is 24.6 Å². The number of rotatable bonds is 11. The van der Waals surface area contributed by atoms with Crippen molar-refractivity contribution in [3.05, 3.63) is 113 Å². The van der Waals surface area contributed by atoms with Crippen molar-refractivity contribution >= 4 is 29.4 Å². The highest BCUT2D eigenvalue weighted by molar-refractivity contribution is 7.99. The second kappa shape index (κ2) is 13.0. The molecule has 38 heavy (non-hydrogen) atoms. The molecular weight excluding hydrogens is 510 g/mol. The van der Waals surface area contributed by atoms with Crippen molar-refractivity contribution in [3.63, 3.8) is 0 Å². The number of primary amides is 1. The molecule has 1 amide bonds. The van der Waals surface area contributed by atoms with Crippen LogP contribution in [-0.4, -0.2) is 40.4 Å². The Morgan fingerprint density at radius 1 is 0.868 bits per heavy atom. The first kappa shape index (κ1) is 26.4. The predicted molar refractivity (Wildman–Crippen MR) is 156 cm³/mol. The molecule has 1 aliphatic rings. The summed E-state index contributed by atoms with van der Waals surface area (Å²) in [4.78, 5) is 21.7. The number of pyridine rings is 1. The summed E-state index contributed by atoms with van der Waals surface area (Å²) in [6.45, 7) is 3.07. The standard InChI is InChI=1S/C31H31N3O2S2/c32-31(35)28-13-14-30(33-29(28)16-19-37-26-7-3-1-4-8-26)36-25-12-11-24-22-34(17-15-23(24)21-25)18-20-38-27-9-5-2-6-10-27/h1-14,21H,15-20,22H2,(H2,32,35). The number of nitrogens with zero attached hydrogens (tertiary/aromatic N) is 2. The number of aryl methyl sites for hydroxylation is 1. The van der Waals surface area contributed by atoms with E-state index in [-0.39, 0.29) is 0 Å². The largest absolute Gasteiger partial charge is 0.439 e. The molecule has 3 aromatic carbocycles. The first-order valence-electron chi connectivity index (χ1n) is 12.8. The summed E-state index contributed by atoms with van der Waals surface area (Å²) in [6, 6.07) is 30.5. The van der Waals surface area contributed by atoms with Gasteiger partial charge in [0, 0.05) is 53.4 Å². The fraction of sp³-hybridized carbons (Fsp3) is 0.226. The second-order valence-electron chi connectivity index (χ2n) is 9.14. The van der Waals surface area contributed by atoms with Crippen LogP contribution in [0.5, 0.6) is 11.6 Å². The Morgan fingerprint density at radius 3 is 2.29 bits per heavy atom. The van der Waals surface area contributed by atoms with Gasteiger partial charge >= 0.3 is 0 Å². The number of amides is 1. The van der Waals surface area contributed by atoms with E-state index in [1.165, 1.54) is 20.9 Å². The van der Waals surface area contributed by atoms with Gasteiger partial charge in [0.1, 0.15) is 5.75 Å². The lowest BCUT2D eigenvalue weighted by Crippen LogP contribution is -2.32. The molecule has 0 unspecified atom stereocenters. The third-order valence-corrected chi connectivity index (χ3v) is 8.48. The molecular formula is C31H31N3O2S2. The van der Waals surface area contributed by atoms with Gasteiger partial charge in [-0.3, -0.25) is 9.69 Å². The molecule has 2 N–H and O–H groups in total. The van der Waals surface area contributed by atoms with Gasteiger partial charge in [-0.1, -0.05) is 42.5 Å². The Hall–Kier alpha value is -3.26. The molecule has 4 aromatic rings. The summed E-state index contributed by atoms with van der Waals surface area (Å²) in [6.07, 6.45) is 1.62. The van der Waals surface area contributed by atoms with Crippen LogP contribution in [0.4, 0.5) is 0 Å². The van der Waals surface area contributed by atoms with Crippen LogP contribution in [0.15, 0.2) is 101 Å².